The van der Waals surface area contributed by atoms with E-state index in [1.54, 1.807) is 4.42 Å². The number of benzene rings is 1. The van der Waals surface area contributed by atoms with Gasteiger partial charge in [-0.2, -0.15) is 5.26 Å². The second-order valence-corrected chi connectivity index (χ2v) is 12.4. The van der Waals surface area contributed by atoms with Crippen LogP contribution in [0.3, 0.4) is 0 Å². The van der Waals surface area contributed by atoms with Crippen molar-refractivity contribution in [2.24, 2.45) is 0 Å². The molecule has 0 fully saturated rings. The Labute approximate surface area is 133 Å². The van der Waals surface area contributed by atoms with Gasteiger partial charge >= 0.3 is 0 Å². The van der Waals surface area contributed by atoms with E-state index >= 15 is 0 Å². The molecular weight excluding hydrogens is 300 g/mol. The summed E-state index contributed by atoms with van der Waals surface area (Å²) in [5.41, 5.74) is 1.22. The summed E-state index contributed by atoms with van der Waals surface area (Å²) in [5.74, 6) is 0. The minimum atomic E-state index is -1.91. The second-order valence-electron chi connectivity index (χ2n) is 7.28. The molecule has 21 heavy (non-hydrogen) atoms. The molecule has 0 saturated heterocycles. The van der Waals surface area contributed by atoms with Crippen molar-refractivity contribution >= 4 is 25.8 Å². The summed E-state index contributed by atoms with van der Waals surface area (Å²) >= 11 is 6.46. The van der Waals surface area contributed by atoms with Gasteiger partial charge in [0, 0.05) is 18.2 Å². The first-order chi connectivity index (χ1) is 9.63. The molecule has 0 N–H and O–H groups in total. The molecule has 2 rings (SSSR count). The van der Waals surface area contributed by atoms with E-state index in [1.807, 2.05) is 24.3 Å². The number of anilines is 1. The van der Waals surface area contributed by atoms with Gasteiger partial charge in [0.2, 0.25) is 0 Å². The quantitative estimate of drug-likeness (QED) is 0.607. The Morgan fingerprint density at radius 3 is 2.52 bits per heavy atom. The minimum absolute atomic E-state index is 0.117. The third kappa shape index (κ3) is 2.83. The van der Waals surface area contributed by atoms with Crippen LogP contribution in [-0.4, -0.2) is 20.5 Å². The number of halogens is 1. The van der Waals surface area contributed by atoms with E-state index in [-0.39, 0.29) is 5.04 Å². The molecule has 1 heterocycles. The third-order valence-electron chi connectivity index (χ3n) is 4.75. The largest absolute Gasteiger partial charge is 0.413 e. The van der Waals surface area contributed by atoms with Crippen molar-refractivity contribution in [2.75, 3.05) is 11.0 Å². The van der Waals surface area contributed by atoms with Gasteiger partial charge in [0.1, 0.15) is 0 Å². The summed E-state index contributed by atoms with van der Waals surface area (Å²) in [7, 11) is -1.91. The minimum Gasteiger partial charge on any atom is -0.413 e. The smallest absolute Gasteiger partial charge is 0.192 e. The monoisotopic (exact) mass is 322 g/mol. The highest BCUT2D eigenvalue weighted by atomic mass is 35.5. The van der Waals surface area contributed by atoms with Crippen LogP contribution in [0.4, 0.5) is 5.69 Å². The molecule has 1 unspecified atom stereocenters. The van der Waals surface area contributed by atoms with E-state index < -0.39 is 13.9 Å². The highest BCUT2D eigenvalue weighted by molar-refractivity contribution is 6.74. The lowest BCUT2D eigenvalue weighted by molar-refractivity contribution is 0.238. The first kappa shape index (κ1) is 16.3. The summed E-state index contributed by atoms with van der Waals surface area (Å²) in [6.45, 7) is 11.3. The summed E-state index contributed by atoms with van der Waals surface area (Å²) in [5, 5.41) is 9.84. The molecule has 0 saturated carbocycles. The molecule has 1 aromatic rings. The maximum atomic E-state index is 9.72. The van der Waals surface area contributed by atoms with Gasteiger partial charge in [-0.05, 0) is 29.8 Å². The van der Waals surface area contributed by atoms with Crippen LogP contribution in [0.25, 0.3) is 0 Å². The second kappa shape index (κ2) is 5.31. The molecule has 0 amide bonds. The molecule has 0 spiro atoms. The third-order valence-corrected chi connectivity index (χ3v) is 9.73. The number of fused-ring (bicyclic) bond motifs is 1. The van der Waals surface area contributed by atoms with Gasteiger partial charge in [0.05, 0.1) is 18.4 Å². The van der Waals surface area contributed by atoms with E-state index in [0.717, 1.165) is 11.3 Å². The number of nitrogens with zero attached hydrogens (tertiary/aromatic N) is 2. The standard InChI is InChI=1S/C16H23ClN2OSi/c1-15(2,3)21(4,5)20-12-16(11-18)10-13-8-6-7-9-14(13)19(16)17/h6-9H,10,12H2,1-5H3. The maximum Gasteiger partial charge on any atom is 0.192 e. The van der Waals surface area contributed by atoms with E-state index in [1.165, 1.54) is 0 Å². The zero-order chi connectivity index (χ0) is 15.9. The highest BCUT2D eigenvalue weighted by Crippen LogP contribution is 2.42. The molecule has 0 radical (unpaired) electrons. The SMILES string of the molecule is CC(C)(C)[Si](C)(C)OCC1(C#N)Cc2ccccc2N1Cl. The van der Waals surface area contributed by atoms with Crippen LogP contribution in [0, 0.1) is 11.3 Å². The molecule has 5 heteroatoms. The molecule has 0 aromatic heterocycles. The Bertz CT molecular complexity index is 576. The molecule has 114 valence electrons. The topological polar surface area (TPSA) is 36.3 Å². The van der Waals surface area contributed by atoms with Crippen molar-refractivity contribution < 1.29 is 4.43 Å². The summed E-state index contributed by atoms with van der Waals surface area (Å²) in [6.07, 6.45) is 0.609. The first-order valence-corrected chi connectivity index (χ1v) is 10.5. The van der Waals surface area contributed by atoms with Crippen LogP contribution < -0.4 is 4.42 Å². The van der Waals surface area contributed by atoms with Crippen molar-refractivity contribution in [2.45, 2.75) is 50.9 Å². The van der Waals surface area contributed by atoms with Gasteiger partial charge in [-0.25, -0.2) is 0 Å². The molecular formula is C16H23ClN2OSi. The molecule has 1 aliphatic rings. The zero-order valence-electron chi connectivity index (χ0n) is 13.4. The fourth-order valence-electron chi connectivity index (χ4n) is 2.21. The van der Waals surface area contributed by atoms with Crippen molar-refractivity contribution in [3.63, 3.8) is 0 Å². The summed E-state index contributed by atoms with van der Waals surface area (Å²) in [6, 6.07) is 10.3. The fourth-order valence-corrected chi connectivity index (χ4v) is 3.55. The highest BCUT2D eigenvalue weighted by Gasteiger charge is 2.47. The van der Waals surface area contributed by atoms with Crippen LogP contribution >= 0.6 is 11.8 Å². The van der Waals surface area contributed by atoms with Crippen molar-refractivity contribution in [3.05, 3.63) is 29.8 Å². The lowest BCUT2D eigenvalue weighted by Gasteiger charge is -2.39. The van der Waals surface area contributed by atoms with Gasteiger partial charge in [0.25, 0.3) is 0 Å². The van der Waals surface area contributed by atoms with Crippen LogP contribution in [0.5, 0.6) is 0 Å². The lowest BCUT2D eigenvalue weighted by Crippen LogP contribution is -2.50. The number of hydrogen-bond donors (Lipinski definition) is 0. The predicted octanol–water partition coefficient (Wildman–Crippen LogP) is 4.49. The number of para-hydroxylation sites is 1. The van der Waals surface area contributed by atoms with Crippen molar-refractivity contribution in [1.29, 1.82) is 5.26 Å². The molecule has 1 aliphatic heterocycles. The summed E-state index contributed by atoms with van der Waals surface area (Å²) in [4.78, 5) is 0. The van der Waals surface area contributed by atoms with Gasteiger partial charge in [-0.15, -0.1) is 0 Å². The normalized spacial score (nSPS) is 22.0. The van der Waals surface area contributed by atoms with Crippen LogP contribution in [0.1, 0.15) is 26.3 Å². The molecule has 1 aromatic carbocycles. The number of hydrogen-bond acceptors (Lipinski definition) is 3. The van der Waals surface area contributed by atoms with Gasteiger partial charge in [-0.3, -0.25) is 4.42 Å². The Hall–Kier alpha value is -1.02. The van der Waals surface area contributed by atoms with Gasteiger partial charge < -0.3 is 4.43 Å². The molecule has 1 atom stereocenters. The van der Waals surface area contributed by atoms with Gasteiger partial charge in [-0.1, -0.05) is 39.0 Å². The van der Waals surface area contributed by atoms with E-state index in [9.17, 15) is 5.26 Å². The van der Waals surface area contributed by atoms with Crippen LogP contribution in [-0.2, 0) is 10.8 Å². The molecule has 3 nitrogen and oxygen atoms in total. The predicted molar refractivity (Wildman–Crippen MR) is 90.0 cm³/mol. The molecule has 0 aliphatic carbocycles. The van der Waals surface area contributed by atoms with Crippen molar-refractivity contribution in [3.8, 4) is 6.07 Å². The average Bonchev–Trinajstić information content (AvgIpc) is 2.70. The Morgan fingerprint density at radius 1 is 1.38 bits per heavy atom. The number of nitriles is 1. The van der Waals surface area contributed by atoms with Crippen molar-refractivity contribution in [1.82, 2.24) is 0 Å². The van der Waals surface area contributed by atoms with E-state index in [0.29, 0.717) is 13.0 Å². The van der Waals surface area contributed by atoms with E-state index in [4.69, 9.17) is 16.2 Å². The Kier molecular flexibility index (Phi) is 4.14. The first-order valence-electron chi connectivity index (χ1n) is 7.22. The Morgan fingerprint density at radius 2 is 2.00 bits per heavy atom. The van der Waals surface area contributed by atoms with E-state index in [2.05, 4.69) is 39.9 Å². The van der Waals surface area contributed by atoms with Crippen LogP contribution in [0.15, 0.2) is 24.3 Å². The average molecular weight is 323 g/mol. The van der Waals surface area contributed by atoms with Crippen LogP contribution in [0.2, 0.25) is 18.1 Å². The lowest BCUT2D eigenvalue weighted by atomic mass is 9.98. The maximum absolute atomic E-state index is 9.72. The zero-order valence-corrected chi connectivity index (χ0v) is 15.2. The Balaban J connectivity index is 2.22. The number of rotatable bonds is 3. The fraction of sp³-hybridized carbons (Fsp3) is 0.562. The molecule has 0 bridgehead atoms. The van der Waals surface area contributed by atoms with Gasteiger partial charge in [0.15, 0.2) is 13.9 Å². The summed E-state index contributed by atoms with van der Waals surface area (Å²) < 4.78 is 7.83.